The summed E-state index contributed by atoms with van der Waals surface area (Å²) in [6, 6.07) is 25.9. The molecule has 3 aromatic heterocycles. The molecule has 5 aromatic rings. The minimum Gasteiger partial charge on any atom is -0.662 e. The van der Waals surface area contributed by atoms with Gasteiger partial charge in [-0.1, -0.05) is 146 Å². The van der Waals surface area contributed by atoms with E-state index in [0.717, 1.165) is 70.7 Å². The number of ether oxygens (including phenoxy) is 4. The van der Waals surface area contributed by atoms with Gasteiger partial charge in [-0.3, -0.25) is 23.7 Å². The van der Waals surface area contributed by atoms with Crippen molar-refractivity contribution in [2.24, 2.45) is 22.6 Å². The first-order valence-electron chi connectivity index (χ1n) is 35.7. The van der Waals surface area contributed by atoms with Gasteiger partial charge in [0.25, 0.3) is 6.47 Å². The number of aryl methyl sites for hydroxylation is 3. The average Bonchev–Trinajstić information content (AvgIpc) is 1.60. The van der Waals surface area contributed by atoms with E-state index < -0.39 is 50.9 Å². The normalized spacial score (nSPS) is 11.6. The minimum atomic E-state index is -3.34. The van der Waals surface area contributed by atoms with Crippen molar-refractivity contribution in [1.82, 2.24) is 14.1 Å². The molecular weight excluding hydrogens is 1640 g/mol. The Morgan fingerprint density at radius 3 is 1.31 bits per heavy atom. The smallest absolute Gasteiger partial charge is 0.662 e. The van der Waals surface area contributed by atoms with Gasteiger partial charge in [-0.05, 0) is 197 Å². The van der Waals surface area contributed by atoms with Crippen LogP contribution in [0.2, 0.25) is 0 Å². The van der Waals surface area contributed by atoms with E-state index in [1.165, 1.54) is 43.2 Å². The number of carbonyl (C=O) groups excluding carboxylic acids is 13. The fourth-order valence-electron chi connectivity index (χ4n) is 7.88. The molecule has 0 bridgehead atoms. The van der Waals surface area contributed by atoms with Crippen LogP contribution in [0.3, 0.4) is 0 Å². The number of nitrogens with zero attached hydrogens (tertiary/aromatic N) is 3. The number of carbonyl (C=O) groups is 5. The largest absolute Gasteiger partial charge is 1.00 e. The Labute approximate surface area is 748 Å². The molecule has 0 saturated carbocycles. The molecule has 2 aromatic carbocycles. The van der Waals surface area contributed by atoms with Crippen LogP contribution in [0.25, 0.3) is 6.08 Å². The number of sulfone groups is 1. The van der Waals surface area contributed by atoms with Gasteiger partial charge >= 0.3 is 110 Å². The first kappa shape index (κ1) is 137. The molecule has 0 amide bonds. The Hall–Kier alpha value is -7.53. The monoisotopic (exact) mass is 1770 g/mol. The topological polar surface area (TPSA) is 442 Å². The summed E-state index contributed by atoms with van der Waals surface area (Å²) in [4.78, 5) is 128. The maximum atomic E-state index is 12.7. The third kappa shape index (κ3) is 72.5. The van der Waals surface area contributed by atoms with E-state index in [1.54, 1.807) is 45.5 Å². The van der Waals surface area contributed by atoms with Crippen LogP contribution in [0.5, 0.6) is 0 Å². The van der Waals surface area contributed by atoms with Crippen molar-refractivity contribution in [3.63, 3.8) is 0 Å². The number of aromatic amines is 1. The van der Waals surface area contributed by atoms with Crippen molar-refractivity contribution in [3.05, 3.63) is 141 Å². The summed E-state index contributed by atoms with van der Waals surface area (Å²) in [6.45, 7) is 56.2. The van der Waals surface area contributed by atoms with Crippen LogP contribution >= 0.6 is 15.9 Å². The molecule has 658 valence electrons. The van der Waals surface area contributed by atoms with Gasteiger partial charge in [-0.25, -0.2) is 18.0 Å². The quantitative estimate of drug-likeness (QED) is 0.0162. The number of hydrogen-bond donors (Lipinski definition) is 2. The maximum Gasteiger partial charge on any atom is 1.00 e. The molecule has 30 nitrogen and oxygen atoms in total. The number of H-pyrrole nitrogens is 1. The van der Waals surface area contributed by atoms with E-state index in [0.29, 0.717) is 16.7 Å². The number of benzene rings is 2. The molecule has 7 rings (SSSR count). The number of aldehydes is 1. The zero-order chi connectivity index (χ0) is 90.6. The van der Waals surface area contributed by atoms with Crippen LogP contribution in [-0.4, -0.2) is 156 Å². The van der Waals surface area contributed by atoms with Gasteiger partial charge in [0.05, 0.1) is 29.8 Å². The number of hydrogen-bond acceptors (Lipinski definition) is 27. The number of esters is 1. The SMILES string of the molecule is C.C.C1CCOC1.CC(C)C=O.CCN=CC(C)C.COC(=O)CN.Cc1cc(B2OC(C)(C)C(C)(C)O2)c(C(C)C)n1C(=O)OC(C)(C)C.Cc1cc(Br)c(C(C)C)n1C(=O)OC(C)(C)C.Cc1ccc(C(C)C)[nH]1.O=C=O.O=C=O.O=C=O.O=C=O.O=CO[O-].O=S(=O)(/C=C/c1ccccc1)c1ccccc1.O=S=O.[CH2-]CCC.[Li+].[Na+]. The van der Waals surface area contributed by atoms with E-state index >= 15 is 0 Å². The second-order valence-corrected chi connectivity index (χ2v) is 30.6. The standard InChI is InChI=1S/C19H32BNO4.C14H12O2S.C13H20BrNO2.C8H13N.C6H13N.2C4H8O.C4H9.C3H7NO2.CH2O3.4CO2.2CH4.Li.Na.O2S/c1-12(2)15-14(20-24-18(7,8)19(9,10)25-20)11-13(3)21(15)16(22)23-17(4,5)6;15-17(16,14-9-5-2-6-10-14)12-11-13-7-3-1-4-8-13;1-8(2)11-10(14)7-9(3)15(11)12(16)17-13(4,5)6;1-6(2)8-5-4-7(3)9-8;1-4-7-5-6(2)3;1-2-4-5-3-1;1-4(2)3-5;1-3-4-2;1-6-3(5)2-4;2-1-4-3;4*2-1-3;;;;;1-3-2/h11-12H,1-10H3;1-12H;7-8H,1-6H3;4-6,9H,1-3H3;5-6H,4H2,1-3H3;1-4H2;3-4H,1-2H3;1,3-4H2,2H3;2,4H2,1H3;1,3H;;;;;2*1H4;;;/q;;;;;;;-1;;;;;;;;;2*+1;/p-1/b;12-11+;;;;;;;;;;;;;;;;;. The number of rotatable bonds is 13. The van der Waals surface area contributed by atoms with Crippen LogP contribution in [0, 0.1) is 39.5 Å². The van der Waals surface area contributed by atoms with Gasteiger partial charge < -0.3 is 60.8 Å². The van der Waals surface area contributed by atoms with Crippen LogP contribution < -0.4 is 64.9 Å². The maximum absolute atomic E-state index is 12.7. The molecule has 36 heteroatoms. The molecule has 2 aliphatic rings. The van der Waals surface area contributed by atoms with Crippen LogP contribution in [0.4, 0.5) is 9.59 Å². The molecule has 0 aliphatic carbocycles. The number of nitrogens with one attached hydrogen (secondary N) is 1. The number of unbranched alkanes of at least 4 members (excludes halogenated alkanes) is 1. The summed E-state index contributed by atoms with van der Waals surface area (Å²) in [5.74, 6) is 1.43. The van der Waals surface area contributed by atoms with E-state index in [2.05, 4.69) is 124 Å². The summed E-state index contributed by atoms with van der Waals surface area (Å²) in [5.41, 5.74) is 10.8. The summed E-state index contributed by atoms with van der Waals surface area (Å²) >= 11 is 2.74. The Morgan fingerprint density at radius 1 is 0.695 bits per heavy atom. The van der Waals surface area contributed by atoms with Gasteiger partial charge in [0.2, 0.25) is 0 Å². The number of aromatic nitrogens is 3. The fraction of sp³-hybridized carbons (Fsp3) is 0.549. The first-order valence-corrected chi connectivity index (χ1v) is 38.8. The summed E-state index contributed by atoms with van der Waals surface area (Å²) in [7, 11) is -2.53. The van der Waals surface area contributed by atoms with Crippen molar-refractivity contribution in [2.45, 2.75) is 259 Å². The van der Waals surface area contributed by atoms with Crippen LogP contribution in [0.1, 0.15) is 250 Å². The molecule has 0 atom stereocenters. The van der Waals surface area contributed by atoms with Gasteiger partial charge in [0.1, 0.15) is 17.5 Å². The predicted octanol–water partition coefficient (Wildman–Crippen LogP) is 8.87. The summed E-state index contributed by atoms with van der Waals surface area (Å²) < 4.78 is 77.2. The van der Waals surface area contributed by atoms with Crippen molar-refractivity contribution >= 4 is 118 Å². The molecule has 2 aliphatic heterocycles. The number of halogens is 1. The van der Waals surface area contributed by atoms with E-state index in [1.807, 2.05) is 153 Å². The van der Waals surface area contributed by atoms with Crippen molar-refractivity contribution in [1.29, 1.82) is 0 Å². The molecular formula is C82H131BBrLiN5NaO25S2. The van der Waals surface area contributed by atoms with Crippen LogP contribution in [-0.2, 0) is 107 Å². The molecule has 118 heavy (non-hydrogen) atoms. The third-order valence-electron chi connectivity index (χ3n) is 13.4. The van der Waals surface area contributed by atoms with Gasteiger partial charge in [0, 0.05) is 81.4 Å². The van der Waals surface area contributed by atoms with Crippen LogP contribution in [0.15, 0.2) is 105 Å². The Kier molecular flexibility index (Phi) is 93.2. The molecule has 2 fully saturated rings. The molecule has 0 unspecified atom stereocenters. The first-order chi connectivity index (χ1) is 52.9. The second-order valence-electron chi connectivity index (χ2n) is 27.8. The number of methoxy groups -OCH3 is 1. The minimum absolute atomic E-state index is 0. The van der Waals surface area contributed by atoms with Crippen molar-refractivity contribution in [2.75, 3.05) is 33.4 Å². The fourth-order valence-corrected chi connectivity index (χ4v) is 9.88. The molecule has 0 radical (unpaired) electrons. The van der Waals surface area contributed by atoms with E-state index in [-0.39, 0.29) is 137 Å². The Bertz CT molecular complexity index is 3660. The van der Waals surface area contributed by atoms with Gasteiger partial charge in [0.15, 0.2) is 9.84 Å². The van der Waals surface area contributed by atoms with E-state index in [9.17, 15) is 27.6 Å². The zero-order valence-electron chi connectivity index (χ0n) is 73.1. The third-order valence-corrected chi connectivity index (χ3v) is 15.5. The Balaban J connectivity index is -0.000000109. The summed E-state index contributed by atoms with van der Waals surface area (Å²) in [5, 5.41) is 9.66. The van der Waals surface area contributed by atoms with Crippen molar-refractivity contribution in [3.8, 4) is 0 Å². The molecule has 3 N–H and O–H groups in total. The second kappa shape index (κ2) is 80.5. The average molecular weight is 1770 g/mol. The number of nitrogens with two attached hydrogens (primary N) is 1. The Morgan fingerprint density at radius 2 is 1.06 bits per heavy atom. The van der Waals surface area contributed by atoms with Crippen molar-refractivity contribution < 1.29 is 166 Å². The molecule has 0 spiro atoms. The molecule has 5 heterocycles. The summed E-state index contributed by atoms with van der Waals surface area (Å²) in [6.07, 6.45) is 9.64. The number of aliphatic imine (C=N–C) groups is 1. The van der Waals surface area contributed by atoms with Gasteiger partial charge in [-0.15, -0.1) is 0 Å². The van der Waals surface area contributed by atoms with Gasteiger partial charge in [-0.2, -0.15) is 53.2 Å². The zero-order valence-corrected chi connectivity index (χ0v) is 78.3. The molecule has 2 saturated heterocycles. The predicted molar refractivity (Wildman–Crippen MR) is 448 cm³/mol. The van der Waals surface area contributed by atoms with E-state index in [4.69, 9.17) is 86.1 Å².